The van der Waals surface area contributed by atoms with Crippen molar-refractivity contribution in [3.8, 4) is 11.5 Å². The molecule has 6 nitrogen and oxygen atoms in total. The van der Waals surface area contributed by atoms with Crippen LogP contribution in [0.15, 0.2) is 54.4 Å². The van der Waals surface area contributed by atoms with Crippen LogP contribution in [0.25, 0.3) is 6.08 Å². The Morgan fingerprint density at radius 2 is 1.91 bits per heavy atom. The zero-order chi connectivity index (χ0) is 22.7. The van der Waals surface area contributed by atoms with E-state index in [1.165, 1.54) is 18.5 Å². The Labute approximate surface area is 211 Å². The van der Waals surface area contributed by atoms with E-state index in [1.54, 1.807) is 18.2 Å². The van der Waals surface area contributed by atoms with Gasteiger partial charge in [0.1, 0.15) is 29.5 Å². The Kier molecular flexibility index (Phi) is 9.40. The van der Waals surface area contributed by atoms with E-state index in [0.717, 1.165) is 36.2 Å². The van der Waals surface area contributed by atoms with Gasteiger partial charge in [-0.2, -0.15) is 13.2 Å². The summed E-state index contributed by atoms with van der Waals surface area (Å²) < 4.78 is 44.3. The number of hydrogen-bond acceptors (Lipinski definition) is 6. The van der Waals surface area contributed by atoms with Crippen LogP contribution in [-0.4, -0.2) is 23.1 Å². The SMILES string of the molecule is Cl.Cl.NCC1=Cc2c(ncnc2Nc2ccc(Oc3cccc(C(F)(F)F)c3)c(Cl)c2)NCC1. The molecule has 0 unspecified atom stereocenters. The Morgan fingerprint density at radius 3 is 2.62 bits per heavy atom. The summed E-state index contributed by atoms with van der Waals surface area (Å²) in [6.45, 7) is 1.16. The van der Waals surface area contributed by atoms with E-state index in [2.05, 4.69) is 20.6 Å². The molecule has 3 aromatic rings. The lowest BCUT2D eigenvalue weighted by molar-refractivity contribution is -0.137. The minimum Gasteiger partial charge on any atom is -0.456 e. The molecule has 0 amide bonds. The third-order valence-electron chi connectivity index (χ3n) is 4.82. The summed E-state index contributed by atoms with van der Waals surface area (Å²) in [5.74, 6) is 1.53. The van der Waals surface area contributed by atoms with Crippen LogP contribution < -0.4 is 21.1 Å². The normalized spacial score (nSPS) is 12.7. The minimum atomic E-state index is -4.46. The number of halogens is 6. The second kappa shape index (κ2) is 11.6. The highest BCUT2D eigenvalue weighted by atomic mass is 35.5. The number of fused-ring (bicyclic) bond motifs is 1. The molecule has 4 rings (SSSR count). The van der Waals surface area contributed by atoms with Gasteiger partial charge in [0.15, 0.2) is 0 Å². The number of ether oxygens (including phenoxy) is 1. The van der Waals surface area contributed by atoms with E-state index in [0.29, 0.717) is 23.9 Å². The van der Waals surface area contributed by atoms with Crippen LogP contribution in [-0.2, 0) is 6.18 Å². The molecular formula is C22H21Cl3F3N5O. The topological polar surface area (TPSA) is 85.1 Å². The fraction of sp³-hybridized carbons (Fsp3) is 0.182. The van der Waals surface area contributed by atoms with Crippen molar-refractivity contribution in [2.24, 2.45) is 5.73 Å². The summed E-state index contributed by atoms with van der Waals surface area (Å²) in [7, 11) is 0. The highest BCUT2D eigenvalue weighted by molar-refractivity contribution is 6.32. The highest BCUT2D eigenvalue weighted by Gasteiger charge is 2.30. The second-order valence-electron chi connectivity index (χ2n) is 7.07. The van der Waals surface area contributed by atoms with Gasteiger partial charge >= 0.3 is 6.18 Å². The molecule has 182 valence electrons. The summed E-state index contributed by atoms with van der Waals surface area (Å²) in [5.41, 5.74) is 7.49. The Morgan fingerprint density at radius 1 is 1.12 bits per heavy atom. The summed E-state index contributed by atoms with van der Waals surface area (Å²) >= 11 is 6.33. The number of hydrogen-bond donors (Lipinski definition) is 3. The first-order chi connectivity index (χ1) is 15.3. The molecule has 0 fully saturated rings. The quantitative estimate of drug-likeness (QED) is 0.338. The second-order valence-corrected chi connectivity index (χ2v) is 7.47. The number of aromatic nitrogens is 2. The van der Waals surface area contributed by atoms with E-state index < -0.39 is 11.7 Å². The lowest BCUT2D eigenvalue weighted by Gasteiger charge is -2.14. The summed E-state index contributed by atoms with van der Waals surface area (Å²) in [6.07, 6.45) is -0.244. The number of benzene rings is 2. The molecule has 0 saturated carbocycles. The minimum absolute atomic E-state index is 0. The van der Waals surface area contributed by atoms with E-state index in [1.807, 2.05) is 6.08 Å². The van der Waals surface area contributed by atoms with Crippen molar-refractivity contribution >= 4 is 59.8 Å². The van der Waals surface area contributed by atoms with Crippen LogP contribution in [0.2, 0.25) is 5.02 Å². The average Bonchev–Trinajstić information content (AvgIpc) is 2.98. The molecule has 1 aliphatic heterocycles. The maximum Gasteiger partial charge on any atom is 0.416 e. The molecule has 1 aliphatic rings. The van der Waals surface area contributed by atoms with Gasteiger partial charge in [-0.05, 0) is 48.9 Å². The van der Waals surface area contributed by atoms with Gasteiger partial charge in [0.2, 0.25) is 0 Å². The molecule has 0 aliphatic carbocycles. The van der Waals surface area contributed by atoms with Gasteiger partial charge < -0.3 is 21.1 Å². The molecular weight excluding hydrogens is 514 g/mol. The van der Waals surface area contributed by atoms with E-state index in [-0.39, 0.29) is 41.3 Å². The molecule has 2 heterocycles. The summed E-state index contributed by atoms with van der Waals surface area (Å²) in [5, 5.41) is 6.68. The van der Waals surface area contributed by atoms with E-state index in [4.69, 9.17) is 22.1 Å². The molecule has 4 N–H and O–H groups in total. The largest absolute Gasteiger partial charge is 0.456 e. The standard InChI is InChI=1S/C22H19ClF3N5O.2ClH/c23-18-10-15(4-5-19(18)32-16-3-1-2-14(9-16)22(24,25)26)31-21-17-8-13(11-27)6-7-28-20(17)29-12-30-21;;/h1-5,8-10,12H,6-7,11,27H2,(H2,28,29,30,31);2*1H. The fourth-order valence-corrected chi connectivity index (χ4v) is 3.43. The first kappa shape index (κ1) is 27.5. The summed E-state index contributed by atoms with van der Waals surface area (Å²) in [4.78, 5) is 8.60. The van der Waals surface area contributed by atoms with Crippen molar-refractivity contribution in [2.45, 2.75) is 12.6 Å². The lowest BCUT2D eigenvalue weighted by Crippen LogP contribution is -2.07. The first-order valence-corrected chi connectivity index (χ1v) is 10.1. The molecule has 0 radical (unpaired) electrons. The molecule has 0 spiro atoms. The maximum atomic E-state index is 12.9. The van der Waals surface area contributed by atoms with Crippen molar-refractivity contribution in [1.29, 1.82) is 0 Å². The van der Waals surface area contributed by atoms with Crippen LogP contribution >= 0.6 is 36.4 Å². The molecule has 12 heteroatoms. The predicted octanol–water partition coefficient (Wildman–Crippen LogP) is 6.69. The number of rotatable bonds is 5. The van der Waals surface area contributed by atoms with Crippen LogP contribution in [0.4, 0.5) is 30.5 Å². The molecule has 34 heavy (non-hydrogen) atoms. The number of anilines is 3. The van der Waals surface area contributed by atoms with E-state index >= 15 is 0 Å². The van der Waals surface area contributed by atoms with Crippen LogP contribution in [0.1, 0.15) is 17.5 Å². The monoisotopic (exact) mass is 533 g/mol. The van der Waals surface area contributed by atoms with Crippen LogP contribution in [0.3, 0.4) is 0 Å². The molecule has 2 aromatic carbocycles. The maximum absolute atomic E-state index is 12.9. The third-order valence-corrected chi connectivity index (χ3v) is 5.11. The van der Waals surface area contributed by atoms with Crippen molar-refractivity contribution < 1.29 is 17.9 Å². The first-order valence-electron chi connectivity index (χ1n) is 9.73. The highest BCUT2D eigenvalue weighted by Crippen LogP contribution is 2.36. The van der Waals surface area contributed by atoms with Gasteiger partial charge in [-0.15, -0.1) is 24.8 Å². The average molecular weight is 535 g/mol. The smallest absolute Gasteiger partial charge is 0.416 e. The molecule has 0 bridgehead atoms. The molecule has 1 aromatic heterocycles. The van der Waals surface area contributed by atoms with Crippen molar-refractivity contribution in [3.63, 3.8) is 0 Å². The van der Waals surface area contributed by atoms with Gasteiger partial charge in [0.05, 0.1) is 16.1 Å². The van der Waals surface area contributed by atoms with Crippen LogP contribution in [0, 0.1) is 0 Å². The number of nitrogens with two attached hydrogens (primary N) is 1. The fourth-order valence-electron chi connectivity index (χ4n) is 3.21. The number of nitrogens with one attached hydrogen (secondary N) is 2. The zero-order valence-corrected chi connectivity index (χ0v) is 19.9. The number of nitrogens with zero attached hydrogens (tertiary/aromatic N) is 2. The summed E-state index contributed by atoms with van der Waals surface area (Å²) in [6, 6.07) is 9.49. The number of alkyl halides is 3. The Hall–Kier alpha value is -2.72. The predicted molar refractivity (Wildman–Crippen MR) is 133 cm³/mol. The zero-order valence-electron chi connectivity index (χ0n) is 17.5. The van der Waals surface area contributed by atoms with Gasteiger partial charge in [-0.3, -0.25) is 0 Å². The lowest BCUT2D eigenvalue weighted by atomic mass is 10.1. The molecule has 0 saturated heterocycles. The van der Waals surface area contributed by atoms with Crippen molar-refractivity contribution in [2.75, 3.05) is 23.7 Å². The van der Waals surface area contributed by atoms with Gasteiger partial charge in [-0.25, -0.2) is 9.97 Å². The Balaban J connectivity index is 0.00000204. The van der Waals surface area contributed by atoms with Gasteiger partial charge in [-0.1, -0.05) is 23.2 Å². The third kappa shape index (κ3) is 6.44. The van der Waals surface area contributed by atoms with Gasteiger partial charge in [0.25, 0.3) is 0 Å². The van der Waals surface area contributed by atoms with E-state index in [9.17, 15) is 13.2 Å². The Bertz CT molecular complexity index is 1170. The van der Waals surface area contributed by atoms with Crippen LogP contribution in [0.5, 0.6) is 11.5 Å². The van der Waals surface area contributed by atoms with Crippen molar-refractivity contribution in [3.05, 3.63) is 70.5 Å². The molecule has 0 atom stereocenters. The van der Waals surface area contributed by atoms with Crippen molar-refractivity contribution in [1.82, 2.24) is 9.97 Å². The van der Waals surface area contributed by atoms with Gasteiger partial charge in [0, 0.05) is 18.8 Å².